The van der Waals surface area contributed by atoms with Gasteiger partial charge in [0, 0.05) is 45.8 Å². The van der Waals surface area contributed by atoms with Crippen LogP contribution in [0.3, 0.4) is 0 Å². The Hall–Kier alpha value is -2.28. The Bertz CT molecular complexity index is 654. The fourth-order valence-corrected chi connectivity index (χ4v) is 3.35. The molecule has 0 unspecified atom stereocenters. The molecule has 1 amide bonds. The first-order chi connectivity index (χ1) is 14.0. The number of guanidine groups is 1. The Labute approximate surface area is 175 Å². The maximum absolute atomic E-state index is 11.9. The van der Waals surface area contributed by atoms with Crippen LogP contribution in [0, 0.1) is 0 Å². The number of nitrogens with zero attached hydrogens (tertiary/aromatic N) is 3. The molecular formula is C22H37N5O2. The van der Waals surface area contributed by atoms with Crippen molar-refractivity contribution in [2.45, 2.75) is 39.7 Å². The van der Waals surface area contributed by atoms with Gasteiger partial charge in [-0.25, -0.2) is 0 Å². The van der Waals surface area contributed by atoms with Gasteiger partial charge >= 0.3 is 0 Å². The fourth-order valence-electron chi connectivity index (χ4n) is 3.35. The second-order valence-electron chi connectivity index (χ2n) is 7.71. The molecule has 29 heavy (non-hydrogen) atoms. The lowest BCUT2D eigenvalue weighted by Gasteiger charge is -2.36. The van der Waals surface area contributed by atoms with E-state index in [1.165, 1.54) is 5.56 Å². The van der Waals surface area contributed by atoms with Gasteiger partial charge in [-0.2, -0.15) is 0 Å². The van der Waals surface area contributed by atoms with E-state index in [1.54, 1.807) is 0 Å². The number of aliphatic imine (C=N–C) groups is 1. The zero-order valence-corrected chi connectivity index (χ0v) is 18.4. The second kappa shape index (κ2) is 12.3. The molecule has 7 nitrogen and oxygen atoms in total. The highest BCUT2D eigenvalue weighted by atomic mass is 16.5. The molecule has 1 aromatic carbocycles. The van der Waals surface area contributed by atoms with Crippen LogP contribution in [0.15, 0.2) is 29.3 Å². The quantitative estimate of drug-likeness (QED) is 0.486. The summed E-state index contributed by atoms with van der Waals surface area (Å²) in [6, 6.07) is 8.48. The molecule has 1 saturated heterocycles. The van der Waals surface area contributed by atoms with Gasteiger partial charge in [0.1, 0.15) is 5.75 Å². The van der Waals surface area contributed by atoms with Crippen LogP contribution in [0.1, 0.15) is 32.8 Å². The average molecular weight is 404 g/mol. The lowest BCUT2D eigenvalue weighted by molar-refractivity contribution is -0.123. The number of carbonyl (C=O) groups is 1. The summed E-state index contributed by atoms with van der Waals surface area (Å²) in [6.07, 6.45) is 1.93. The Kier molecular flexibility index (Phi) is 9.77. The minimum atomic E-state index is 0.0982. The maximum atomic E-state index is 11.9. The number of benzene rings is 1. The zero-order chi connectivity index (χ0) is 21.1. The number of rotatable bonds is 9. The van der Waals surface area contributed by atoms with Crippen molar-refractivity contribution in [1.29, 1.82) is 0 Å². The summed E-state index contributed by atoms with van der Waals surface area (Å²) in [6.45, 7) is 11.6. The highest BCUT2D eigenvalue weighted by Gasteiger charge is 2.21. The fraction of sp³-hybridized carbons (Fsp3) is 0.636. The molecule has 1 heterocycles. The number of hydrogen-bond acceptors (Lipinski definition) is 4. The van der Waals surface area contributed by atoms with Crippen LogP contribution in [0.2, 0.25) is 0 Å². The van der Waals surface area contributed by atoms with Crippen molar-refractivity contribution in [2.24, 2.45) is 4.99 Å². The Balaban J connectivity index is 1.74. The van der Waals surface area contributed by atoms with Crippen LogP contribution >= 0.6 is 0 Å². The molecule has 0 aromatic heterocycles. The predicted molar refractivity (Wildman–Crippen MR) is 119 cm³/mol. The number of ether oxygens (including phenoxy) is 1. The molecule has 0 radical (unpaired) electrons. The number of amides is 1. The highest BCUT2D eigenvalue weighted by Crippen LogP contribution is 2.14. The minimum absolute atomic E-state index is 0.0982. The standard InChI is InChI=1S/C22H37N5O2/c1-5-15-29-20-8-6-7-19(16-20)9-10-24-22(23-4)27-13-11-26(12-14-27)17-21(28)25-18(2)3/h6-8,16,18H,5,9-15,17H2,1-4H3,(H,23,24)(H,25,28). The summed E-state index contributed by atoms with van der Waals surface area (Å²) in [5, 5.41) is 6.42. The van der Waals surface area contributed by atoms with Gasteiger partial charge in [0.2, 0.25) is 5.91 Å². The van der Waals surface area contributed by atoms with Gasteiger partial charge in [-0.3, -0.25) is 14.7 Å². The first-order valence-electron chi connectivity index (χ1n) is 10.7. The first kappa shape index (κ1) is 23.0. The van der Waals surface area contributed by atoms with Crippen LogP contribution in [-0.2, 0) is 11.2 Å². The van der Waals surface area contributed by atoms with E-state index in [0.717, 1.165) is 63.9 Å². The molecule has 0 atom stereocenters. The number of hydrogen-bond donors (Lipinski definition) is 2. The molecule has 0 aliphatic carbocycles. The van der Waals surface area contributed by atoms with E-state index < -0.39 is 0 Å². The van der Waals surface area contributed by atoms with Gasteiger partial charge in [-0.15, -0.1) is 0 Å². The van der Waals surface area contributed by atoms with Crippen molar-refractivity contribution in [3.8, 4) is 5.75 Å². The van der Waals surface area contributed by atoms with Crippen molar-refractivity contribution in [1.82, 2.24) is 20.4 Å². The van der Waals surface area contributed by atoms with Crippen LogP contribution in [0.25, 0.3) is 0 Å². The third kappa shape index (κ3) is 8.31. The average Bonchev–Trinajstić information content (AvgIpc) is 2.70. The van der Waals surface area contributed by atoms with Crippen LogP contribution < -0.4 is 15.4 Å². The summed E-state index contributed by atoms with van der Waals surface area (Å²) in [5.41, 5.74) is 1.25. The molecule has 2 rings (SSSR count). The Morgan fingerprint density at radius 2 is 2.00 bits per heavy atom. The van der Waals surface area contributed by atoms with Crippen LogP contribution in [-0.4, -0.2) is 80.6 Å². The molecule has 7 heteroatoms. The third-order valence-corrected chi connectivity index (χ3v) is 4.77. The predicted octanol–water partition coefficient (Wildman–Crippen LogP) is 1.74. The van der Waals surface area contributed by atoms with Gasteiger partial charge in [0.25, 0.3) is 0 Å². The van der Waals surface area contributed by atoms with Gasteiger partial charge < -0.3 is 20.3 Å². The summed E-state index contributed by atoms with van der Waals surface area (Å²) < 4.78 is 5.71. The summed E-state index contributed by atoms with van der Waals surface area (Å²) in [7, 11) is 1.82. The van der Waals surface area contributed by atoms with Gasteiger partial charge in [0.05, 0.1) is 13.2 Å². The van der Waals surface area contributed by atoms with Crippen molar-refractivity contribution >= 4 is 11.9 Å². The lowest BCUT2D eigenvalue weighted by atomic mass is 10.1. The van der Waals surface area contributed by atoms with E-state index in [4.69, 9.17) is 4.74 Å². The first-order valence-corrected chi connectivity index (χ1v) is 10.7. The molecule has 1 aliphatic rings. The normalized spacial score (nSPS) is 15.5. The van der Waals surface area contributed by atoms with E-state index in [2.05, 4.69) is 44.5 Å². The van der Waals surface area contributed by atoms with Crippen molar-refractivity contribution < 1.29 is 9.53 Å². The summed E-state index contributed by atoms with van der Waals surface area (Å²) >= 11 is 0. The van der Waals surface area contributed by atoms with Gasteiger partial charge in [0.15, 0.2) is 5.96 Å². The second-order valence-corrected chi connectivity index (χ2v) is 7.71. The van der Waals surface area contributed by atoms with E-state index in [-0.39, 0.29) is 11.9 Å². The monoisotopic (exact) mass is 403 g/mol. The largest absolute Gasteiger partial charge is 0.494 e. The molecule has 0 spiro atoms. The molecule has 1 aliphatic heterocycles. The molecule has 0 saturated carbocycles. The summed E-state index contributed by atoms with van der Waals surface area (Å²) in [5.74, 6) is 1.96. The van der Waals surface area contributed by atoms with E-state index in [0.29, 0.717) is 6.54 Å². The van der Waals surface area contributed by atoms with E-state index >= 15 is 0 Å². The molecule has 1 fully saturated rings. The van der Waals surface area contributed by atoms with Crippen LogP contribution in [0.4, 0.5) is 0 Å². The lowest BCUT2D eigenvalue weighted by Crippen LogP contribution is -2.54. The van der Waals surface area contributed by atoms with E-state index in [1.807, 2.05) is 33.0 Å². The Morgan fingerprint density at radius 3 is 2.66 bits per heavy atom. The topological polar surface area (TPSA) is 69.2 Å². The third-order valence-electron chi connectivity index (χ3n) is 4.77. The van der Waals surface area contributed by atoms with Crippen LogP contribution in [0.5, 0.6) is 5.75 Å². The molecule has 162 valence electrons. The Morgan fingerprint density at radius 1 is 1.24 bits per heavy atom. The minimum Gasteiger partial charge on any atom is -0.494 e. The molecule has 1 aromatic rings. The molecule has 2 N–H and O–H groups in total. The maximum Gasteiger partial charge on any atom is 0.234 e. The zero-order valence-electron chi connectivity index (χ0n) is 18.4. The number of carbonyl (C=O) groups excluding carboxylic acids is 1. The van der Waals surface area contributed by atoms with Gasteiger partial charge in [-0.05, 0) is 44.4 Å². The molecular weight excluding hydrogens is 366 g/mol. The highest BCUT2D eigenvalue weighted by molar-refractivity contribution is 5.80. The SMILES string of the molecule is CCCOc1cccc(CCNC(=NC)N2CCN(CC(=O)NC(C)C)CC2)c1. The van der Waals surface area contributed by atoms with Crippen molar-refractivity contribution in [3.63, 3.8) is 0 Å². The van der Waals surface area contributed by atoms with Gasteiger partial charge in [-0.1, -0.05) is 19.1 Å². The molecule has 0 bridgehead atoms. The number of piperazine rings is 1. The van der Waals surface area contributed by atoms with Crippen molar-refractivity contribution in [3.05, 3.63) is 29.8 Å². The summed E-state index contributed by atoms with van der Waals surface area (Å²) in [4.78, 5) is 20.8. The van der Waals surface area contributed by atoms with Crippen molar-refractivity contribution in [2.75, 3.05) is 52.9 Å². The van der Waals surface area contributed by atoms with E-state index in [9.17, 15) is 4.79 Å². The number of nitrogens with one attached hydrogen (secondary N) is 2. The smallest absolute Gasteiger partial charge is 0.234 e.